The second-order valence-corrected chi connectivity index (χ2v) is 6.51. The minimum atomic E-state index is -0.255. The molecule has 1 saturated carbocycles. The number of nitrogens with one attached hydrogen (secondary N) is 2. The molecule has 4 N–H and O–H groups in total. The first kappa shape index (κ1) is 15.5. The Morgan fingerprint density at radius 1 is 1.16 bits per heavy atom. The summed E-state index contributed by atoms with van der Waals surface area (Å²) in [5.74, 6) is -0.255. The van der Waals surface area contributed by atoms with Crippen molar-refractivity contribution in [2.24, 2.45) is 0 Å². The van der Waals surface area contributed by atoms with Gasteiger partial charge in [0.05, 0.1) is 22.4 Å². The second-order valence-electron chi connectivity index (χ2n) is 6.51. The molecule has 25 heavy (non-hydrogen) atoms. The highest BCUT2D eigenvalue weighted by atomic mass is 16.2. The Labute approximate surface area is 144 Å². The summed E-state index contributed by atoms with van der Waals surface area (Å²) in [7, 11) is 0. The van der Waals surface area contributed by atoms with Gasteiger partial charge >= 0.3 is 5.69 Å². The van der Waals surface area contributed by atoms with Crippen LogP contribution in [0, 0.1) is 0 Å². The van der Waals surface area contributed by atoms with Crippen LogP contribution in [0.5, 0.6) is 0 Å². The van der Waals surface area contributed by atoms with E-state index in [1.165, 1.54) is 0 Å². The molecule has 1 heterocycles. The lowest BCUT2D eigenvalue weighted by Crippen LogP contribution is -2.20. The van der Waals surface area contributed by atoms with Gasteiger partial charge < -0.3 is 16.0 Å². The molecule has 0 aliphatic heterocycles. The zero-order chi connectivity index (χ0) is 17.4. The fourth-order valence-electron chi connectivity index (χ4n) is 3.60. The molecule has 0 radical (unpaired) electrons. The van der Waals surface area contributed by atoms with Gasteiger partial charge in [-0.2, -0.15) is 0 Å². The van der Waals surface area contributed by atoms with Gasteiger partial charge in [0, 0.05) is 11.6 Å². The lowest BCUT2D eigenvalue weighted by atomic mass is 10.1. The number of nitrogens with zero attached hydrogens (tertiary/aromatic N) is 1. The lowest BCUT2D eigenvalue weighted by Gasteiger charge is -2.11. The second kappa shape index (κ2) is 6.12. The summed E-state index contributed by atoms with van der Waals surface area (Å²) in [5.41, 5.74) is 8.87. The van der Waals surface area contributed by atoms with Crippen molar-refractivity contribution in [2.45, 2.75) is 31.7 Å². The SMILES string of the molecule is Nc1ccccc1NC(=O)c1ccc2c(c1)[nH]c(=O)n2C1CCCC1. The van der Waals surface area contributed by atoms with Crippen LogP contribution in [0.4, 0.5) is 11.4 Å². The van der Waals surface area contributed by atoms with Crippen LogP contribution in [0.25, 0.3) is 11.0 Å². The maximum Gasteiger partial charge on any atom is 0.326 e. The van der Waals surface area contributed by atoms with E-state index < -0.39 is 0 Å². The van der Waals surface area contributed by atoms with Crippen LogP contribution in [0.2, 0.25) is 0 Å². The number of para-hydroxylation sites is 2. The number of nitrogen functional groups attached to an aromatic ring is 1. The van der Waals surface area contributed by atoms with Gasteiger partial charge in [0.15, 0.2) is 0 Å². The van der Waals surface area contributed by atoms with Crippen LogP contribution in [0.15, 0.2) is 47.3 Å². The predicted octanol–water partition coefficient (Wildman–Crippen LogP) is 3.28. The standard InChI is InChI=1S/C19H20N4O2/c20-14-7-3-4-8-15(14)21-18(24)12-9-10-17-16(11-12)22-19(25)23(17)13-5-1-2-6-13/h3-4,7-11,13H,1-2,5-6,20H2,(H,21,24)(H,22,25). The van der Waals surface area contributed by atoms with Gasteiger partial charge in [0.25, 0.3) is 5.91 Å². The Balaban J connectivity index is 1.66. The zero-order valence-corrected chi connectivity index (χ0v) is 13.8. The number of fused-ring (bicyclic) bond motifs is 1. The minimum absolute atomic E-state index is 0.105. The third-order valence-electron chi connectivity index (χ3n) is 4.88. The number of hydrogen-bond acceptors (Lipinski definition) is 3. The number of anilines is 2. The maximum atomic E-state index is 12.5. The molecular formula is C19H20N4O2. The molecule has 6 heteroatoms. The number of aromatic amines is 1. The number of carbonyl (C=O) groups is 1. The molecule has 1 aromatic heterocycles. The number of amides is 1. The van der Waals surface area contributed by atoms with Gasteiger partial charge in [-0.05, 0) is 43.2 Å². The molecule has 1 aliphatic carbocycles. The third-order valence-corrected chi connectivity index (χ3v) is 4.88. The molecule has 1 amide bonds. The first-order chi connectivity index (χ1) is 12.1. The number of benzene rings is 2. The average molecular weight is 336 g/mol. The first-order valence-electron chi connectivity index (χ1n) is 8.53. The average Bonchev–Trinajstić information content (AvgIpc) is 3.22. The van der Waals surface area contributed by atoms with Crippen LogP contribution >= 0.6 is 0 Å². The van der Waals surface area contributed by atoms with Gasteiger partial charge in [0.2, 0.25) is 0 Å². The molecule has 0 unspecified atom stereocenters. The van der Waals surface area contributed by atoms with Crippen LogP contribution in [-0.4, -0.2) is 15.5 Å². The van der Waals surface area contributed by atoms with Gasteiger partial charge in [0.1, 0.15) is 0 Å². The number of carbonyl (C=O) groups excluding carboxylic acids is 1. The number of hydrogen-bond donors (Lipinski definition) is 3. The summed E-state index contributed by atoms with van der Waals surface area (Å²) in [6, 6.07) is 12.7. The van der Waals surface area contributed by atoms with E-state index in [2.05, 4.69) is 10.3 Å². The summed E-state index contributed by atoms with van der Waals surface area (Å²) in [6.45, 7) is 0. The molecule has 4 rings (SSSR count). The monoisotopic (exact) mass is 336 g/mol. The Morgan fingerprint density at radius 2 is 1.92 bits per heavy atom. The molecule has 0 bridgehead atoms. The van der Waals surface area contributed by atoms with Crippen molar-refractivity contribution in [1.29, 1.82) is 0 Å². The Kier molecular flexibility index (Phi) is 3.80. The number of nitrogens with two attached hydrogens (primary N) is 1. The third kappa shape index (κ3) is 2.80. The van der Waals surface area contributed by atoms with E-state index in [9.17, 15) is 9.59 Å². The number of aromatic nitrogens is 2. The van der Waals surface area contributed by atoms with E-state index in [1.54, 1.807) is 24.3 Å². The van der Waals surface area contributed by atoms with Gasteiger partial charge in [-0.15, -0.1) is 0 Å². The summed E-state index contributed by atoms with van der Waals surface area (Å²) < 4.78 is 1.83. The summed E-state index contributed by atoms with van der Waals surface area (Å²) >= 11 is 0. The van der Waals surface area contributed by atoms with E-state index in [1.807, 2.05) is 22.8 Å². The molecular weight excluding hydrogens is 316 g/mol. The Bertz CT molecular complexity index is 996. The lowest BCUT2D eigenvalue weighted by molar-refractivity contribution is 0.102. The minimum Gasteiger partial charge on any atom is -0.397 e. The molecule has 0 spiro atoms. The highest BCUT2D eigenvalue weighted by Crippen LogP contribution is 2.30. The first-order valence-corrected chi connectivity index (χ1v) is 8.53. The largest absolute Gasteiger partial charge is 0.397 e. The van der Waals surface area contributed by atoms with Crippen molar-refractivity contribution >= 4 is 28.3 Å². The summed E-state index contributed by atoms with van der Waals surface area (Å²) in [5, 5.41) is 2.80. The topological polar surface area (TPSA) is 92.9 Å². The molecule has 6 nitrogen and oxygen atoms in total. The maximum absolute atomic E-state index is 12.5. The van der Waals surface area contributed by atoms with Crippen LogP contribution in [0.1, 0.15) is 42.1 Å². The molecule has 3 aromatic rings. The van der Waals surface area contributed by atoms with E-state index in [4.69, 9.17) is 5.73 Å². The molecule has 1 aliphatic rings. The predicted molar refractivity (Wildman–Crippen MR) is 98.9 cm³/mol. The van der Waals surface area contributed by atoms with Crippen molar-refractivity contribution in [2.75, 3.05) is 11.1 Å². The quantitative estimate of drug-likeness (QED) is 0.641. The van der Waals surface area contributed by atoms with Crippen molar-refractivity contribution in [1.82, 2.24) is 9.55 Å². The van der Waals surface area contributed by atoms with Crippen LogP contribution in [0.3, 0.4) is 0 Å². The molecule has 1 fully saturated rings. The molecule has 128 valence electrons. The molecule has 2 aromatic carbocycles. The number of H-pyrrole nitrogens is 1. The van der Waals surface area contributed by atoms with Crippen LogP contribution in [-0.2, 0) is 0 Å². The van der Waals surface area contributed by atoms with Crippen molar-refractivity contribution in [3.05, 3.63) is 58.5 Å². The van der Waals surface area contributed by atoms with E-state index in [0.717, 1.165) is 31.2 Å². The summed E-state index contributed by atoms with van der Waals surface area (Å²) in [4.78, 5) is 27.7. The number of imidazole rings is 1. The number of rotatable bonds is 3. The Hall–Kier alpha value is -3.02. The normalized spacial score (nSPS) is 14.9. The smallest absolute Gasteiger partial charge is 0.326 e. The van der Waals surface area contributed by atoms with Crippen molar-refractivity contribution < 1.29 is 4.79 Å². The fourth-order valence-corrected chi connectivity index (χ4v) is 3.60. The fraction of sp³-hybridized carbons (Fsp3) is 0.263. The summed E-state index contributed by atoms with van der Waals surface area (Å²) in [6.07, 6.45) is 4.37. The molecule has 0 saturated heterocycles. The van der Waals surface area contributed by atoms with Crippen LogP contribution < -0.4 is 16.7 Å². The highest BCUT2D eigenvalue weighted by Gasteiger charge is 2.21. The van der Waals surface area contributed by atoms with Gasteiger partial charge in [-0.25, -0.2) is 4.79 Å². The van der Waals surface area contributed by atoms with E-state index >= 15 is 0 Å². The van der Waals surface area contributed by atoms with E-state index in [0.29, 0.717) is 22.5 Å². The van der Waals surface area contributed by atoms with Gasteiger partial charge in [-0.1, -0.05) is 25.0 Å². The molecule has 0 atom stereocenters. The van der Waals surface area contributed by atoms with Crippen molar-refractivity contribution in [3.8, 4) is 0 Å². The Morgan fingerprint density at radius 3 is 2.68 bits per heavy atom. The van der Waals surface area contributed by atoms with E-state index in [-0.39, 0.29) is 17.6 Å². The van der Waals surface area contributed by atoms with Gasteiger partial charge in [-0.3, -0.25) is 9.36 Å². The highest BCUT2D eigenvalue weighted by molar-refractivity contribution is 6.07. The van der Waals surface area contributed by atoms with Crippen molar-refractivity contribution in [3.63, 3.8) is 0 Å². The zero-order valence-electron chi connectivity index (χ0n) is 13.8.